The van der Waals surface area contributed by atoms with E-state index in [4.69, 9.17) is 10.3 Å². The van der Waals surface area contributed by atoms with E-state index in [0.29, 0.717) is 37.4 Å². The Labute approximate surface area is 151 Å². The summed E-state index contributed by atoms with van der Waals surface area (Å²) in [6, 6.07) is 7.16. The fraction of sp³-hybridized carbons (Fsp3) is 0.444. The van der Waals surface area contributed by atoms with Gasteiger partial charge in [-0.3, -0.25) is 9.59 Å². The number of carbonyl (C=O) groups excluding carboxylic acids is 2. The average Bonchev–Trinajstić information content (AvgIpc) is 3.21. The zero-order valence-corrected chi connectivity index (χ0v) is 14.6. The van der Waals surface area contributed by atoms with Gasteiger partial charge in [0, 0.05) is 43.2 Å². The summed E-state index contributed by atoms with van der Waals surface area (Å²) in [5.41, 5.74) is 6.80. The number of aromatic nitrogens is 2. The number of hydrogen-bond acceptors (Lipinski definition) is 6. The van der Waals surface area contributed by atoms with Crippen molar-refractivity contribution in [3.05, 3.63) is 36.2 Å². The molecule has 2 heterocycles. The molecule has 8 heteroatoms. The number of nitrogens with two attached hydrogens (primary N) is 1. The van der Waals surface area contributed by atoms with E-state index >= 15 is 0 Å². The third-order valence-electron chi connectivity index (χ3n) is 4.55. The van der Waals surface area contributed by atoms with Crippen LogP contribution in [0.25, 0.3) is 11.4 Å². The Kier molecular flexibility index (Phi) is 5.96. The number of benzene rings is 1. The van der Waals surface area contributed by atoms with E-state index < -0.39 is 0 Å². The van der Waals surface area contributed by atoms with Gasteiger partial charge in [0.15, 0.2) is 0 Å². The van der Waals surface area contributed by atoms with Crippen molar-refractivity contribution in [2.45, 2.75) is 31.7 Å². The number of carbonyl (C=O) groups is 2. The van der Waals surface area contributed by atoms with Crippen LogP contribution >= 0.6 is 0 Å². The van der Waals surface area contributed by atoms with Gasteiger partial charge in [0.2, 0.25) is 18.1 Å². The second-order valence-electron chi connectivity index (χ2n) is 6.32. The van der Waals surface area contributed by atoms with Crippen molar-refractivity contribution >= 4 is 11.8 Å². The number of nitrogens with one attached hydrogen (secondary N) is 1. The summed E-state index contributed by atoms with van der Waals surface area (Å²) >= 11 is 0. The largest absolute Gasteiger partial charge is 0.354 e. The lowest BCUT2D eigenvalue weighted by Crippen LogP contribution is -2.49. The number of hydrogen-bond donors (Lipinski definition) is 2. The Morgan fingerprint density at radius 2 is 2.08 bits per heavy atom. The monoisotopic (exact) mass is 357 g/mol. The zero-order valence-electron chi connectivity index (χ0n) is 14.6. The number of likely N-dealkylation sites (tertiary alicyclic amines) is 1. The molecule has 1 aromatic heterocycles. The maximum atomic E-state index is 12.9. The third kappa shape index (κ3) is 4.26. The van der Waals surface area contributed by atoms with E-state index in [2.05, 4.69) is 15.5 Å². The summed E-state index contributed by atoms with van der Waals surface area (Å²) in [6.07, 6.45) is 4.48. The van der Waals surface area contributed by atoms with Crippen LogP contribution in [0.3, 0.4) is 0 Å². The van der Waals surface area contributed by atoms with Gasteiger partial charge in [-0.05, 0) is 31.4 Å². The van der Waals surface area contributed by atoms with E-state index in [9.17, 15) is 9.59 Å². The van der Waals surface area contributed by atoms with E-state index in [-0.39, 0.29) is 17.9 Å². The van der Waals surface area contributed by atoms with Gasteiger partial charge >= 0.3 is 0 Å². The van der Waals surface area contributed by atoms with Gasteiger partial charge in [-0.25, -0.2) is 0 Å². The molecular weight excluding hydrogens is 334 g/mol. The molecule has 1 atom stereocenters. The van der Waals surface area contributed by atoms with Gasteiger partial charge < -0.3 is 20.5 Å². The quantitative estimate of drug-likeness (QED) is 0.803. The minimum absolute atomic E-state index is 0.00913. The van der Waals surface area contributed by atoms with Gasteiger partial charge in [-0.1, -0.05) is 17.3 Å². The Hall–Kier alpha value is -2.74. The molecule has 0 bridgehead atoms. The summed E-state index contributed by atoms with van der Waals surface area (Å²) < 4.78 is 4.74. The molecule has 2 aromatic rings. The maximum Gasteiger partial charge on any atom is 0.254 e. The lowest BCUT2D eigenvalue weighted by atomic mass is 10.00. The minimum atomic E-state index is -0.0741. The molecular formula is C18H23N5O3. The van der Waals surface area contributed by atoms with Crippen LogP contribution < -0.4 is 11.1 Å². The van der Waals surface area contributed by atoms with Crippen molar-refractivity contribution in [1.29, 1.82) is 0 Å². The SMILES string of the molecule is NCCC(=O)NCC1CCCCN1C(=O)c1ccc(-c2ncon2)cc1. The molecule has 0 saturated carbocycles. The van der Waals surface area contributed by atoms with E-state index in [0.717, 1.165) is 24.8 Å². The van der Waals surface area contributed by atoms with Crippen molar-refractivity contribution in [1.82, 2.24) is 20.4 Å². The van der Waals surface area contributed by atoms with E-state index in [1.54, 1.807) is 24.3 Å². The Balaban J connectivity index is 1.67. The van der Waals surface area contributed by atoms with Crippen LogP contribution in [-0.4, -0.2) is 52.5 Å². The highest BCUT2D eigenvalue weighted by atomic mass is 16.5. The van der Waals surface area contributed by atoms with Crippen molar-refractivity contribution in [2.75, 3.05) is 19.6 Å². The fourth-order valence-electron chi connectivity index (χ4n) is 3.16. The molecule has 1 fully saturated rings. The molecule has 3 rings (SSSR count). The topological polar surface area (TPSA) is 114 Å². The van der Waals surface area contributed by atoms with Crippen molar-refractivity contribution < 1.29 is 14.1 Å². The molecule has 1 aliphatic heterocycles. The molecule has 1 unspecified atom stereocenters. The van der Waals surface area contributed by atoms with Crippen molar-refractivity contribution in [2.24, 2.45) is 5.73 Å². The first-order valence-electron chi connectivity index (χ1n) is 8.83. The maximum absolute atomic E-state index is 12.9. The fourth-order valence-corrected chi connectivity index (χ4v) is 3.16. The number of nitrogens with zero attached hydrogens (tertiary/aromatic N) is 3. The summed E-state index contributed by atoms with van der Waals surface area (Å²) in [5.74, 6) is 0.389. The second kappa shape index (κ2) is 8.57. The Morgan fingerprint density at radius 3 is 2.77 bits per heavy atom. The first-order chi connectivity index (χ1) is 12.7. The molecule has 0 spiro atoms. The number of amides is 2. The smallest absolute Gasteiger partial charge is 0.254 e. The van der Waals surface area contributed by atoms with Crippen molar-refractivity contribution in [3.63, 3.8) is 0 Å². The van der Waals surface area contributed by atoms with Crippen LogP contribution in [0.4, 0.5) is 0 Å². The molecule has 1 aromatic carbocycles. The van der Waals surface area contributed by atoms with Gasteiger partial charge in [-0.15, -0.1) is 0 Å². The molecule has 1 saturated heterocycles. The van der Waals surface area contributed by atoms with Crippen LogP contribution in [0, 0.1) is 0 Å². The second-order valence-corrected chi connectivity index (χ2v) is 6.32. The molecule has 138 valence electrons. The van der Waals surface area contributed by atoms with Crippen LogP contribution in [0.1, 0.15) is 36.0 Å². The number of piperidine rings is 1. The van der Waals surface area contributed by atoms with Crippen LogP contribution in [-0.2, 0) is 4.79 Å². The van der Waals surface area contributed by atoms with Gasteiger partial charge in [0.25, 0.3) is 5.91 Å². The van der Waals surface area contributed by atoms with Crippen LogP contribution in [0.15, 0.2) is 35.2 Å². The Morgan fingerprint density at radius 1 is 1.27 bits per heavy atom. The van der Waals surface area contributed by atoms with Crippen LogP contribution in [0.2, 0.25) is 0 Å². The van der Waals surface area contributed by atoms with E-state index in [1.807, 2.05) is 4.90 Å². The van der Waals surface area contributed by atoms with Gasteiger partial charge in [0.1, 0.15) is 0 Å². The predicted molar refractivity (Wildman–Crippen MR) is 95.1 cm³/mol. The summed E-state index contributed by atoms with van der Waals surface area (Å²) in [7, 11) is 0. The van der Waals surface area contributed by atoms with Gasteiger partial charge in [-0.2, -0.15) is 4.98 Å². The first-order valence-corrected chi connectivity index (χ1v) is 8.83. The number of rotatable bonds is 6. The summed E-state index contributed by atoms with van der Waals surface area (Å²) in [4.78, 5) is 30.4. The zero-order chi connectivity index (χ0) is 18.4. The molecule has 26 heavy (non-hydrogen) atoms. The average molecular weight is 357 g/mol. The van der Waals surface area contributed by atoms with E-state index in [1.165, 1.54) is 6.39 Å². The predicted octanol–water partition coefficient (Wildman–Crippen LogP) is 1.20. The lowest BCUT2D eigenvalue weighted by molar-refractivity contribution is -0.121. The van der Waals surface area contributed by atoms with Gasteiger partial charge in [0.05, 0.1) is 0 Å². The highest BCUT2D eigenvalue weighted by Crippen LogP contribution is 2.21. The Bertz CT molecular complexity index is 730. The molecule has 0 radical (unpaired) electrons. The first kappa shape index (κ1) is 18.1. The lowest BCUT2D eigenvalue weighted by Gasteiger charge is -2.36. The highest BCUT2D eigenvalue weighted by molar-refractivity contribution is 5.95. The molecule has 1 aliphatic rings. The molecule has 3 N–H and O–H groups in total. The normalized spacial score (nSPS) is 17.1. The molecule has 2 amide bonds. The highest BCUT2D eigenvalue weighted by Gasteiger charge is 2.27. The summed E-state index contributed by atoms with van der Waals surface area (Å²) in [6.45, 7) is 1.49. The standard InChI is InChI=1S/C18H23N5O3/c19-9-8-16(24)20-11-15-3-1-2-10-23(15)18(25)14-6-4-13(5-7-14)17-21-12-26-22-17/h4-7,12,15H,1-3,8-11,19H2,(H,20,24). The molecule has 8 nitrogen and oxygen atoms in total. The molecule has 0 aliphatic carbocycles. The minimum Gasteiger partial charge on any atom is -0.354 e. The third-order valence-corrected chi connectivity index (χ3v) is 4.55. The summed E-state index contributed by atoms with van der Waals surface area (Å²) in [5, 5.41) is 6.67. The van der Waals surface area contributed by atoms with Crippen LogP contribution in [0.5, 0.6) is 0 Å². The van der Waals surface area contributed by atoms with Crippen molar-refractivity contribution in [3.8, 4) is 11.4 Å².